The van der Waals surface area contributed by atoms with Crippen molar-refractivity contribution in [3.05, 3.63) is 0 Å². The van der Waals surface area contributed by atoms with Crippen LogP contribution in [0.4, 0.5) is 13.2 Å². The number of hydrogen-bond donors (Lipinski definition) is 1. The van der Waals surface area contributed by atoms with E-state index < -0.39 is 24.7 Å². The second-order valence-electron chi connectivity index (χ2n) is 3.32. The molecule has 5 nitrogen and oxygen atoms in total. The third-order valence-corrected chi connectivity index (χ3v) is 1.70. The van der Waals surface area contributed by atoms with E-state index in [1.54, 1.807) is 6.92 Å². The second kappa shape index (κ2) is 8.73. The molecule has 0 aliphatic carbocycles. The molecule has 0 fully saturated rings. The van der Waals surface area contributed by atoms with Crippen LogP contribution in [0.2, 0.25) is 0 Å². The van der Waals surface area contributed by atoms with E-state index in [1.165, 1.54) is 0 Å². The van der Waals surface area contributed by atoms with E-state index in [4.69, 9.17) is 0 Å². The van der Waals surface area contributed by atoms with Crippen molar-refractivity contribution >= 4 is 11.9 Å². The molecule has 0 radical (unpaired) electrons. The van der Waals surface area contributed by atoms with Crippen LogP contribution >= 0.6 is 0 Å². The molecule has 8 heteroatoms. The Bertz CT molecular complexity index is 268. The van der Waals surface area contributed by atoms with Crippen molar-refractivity contribution < 1.29 is 32.2 Å². The van der Waals surface area contributed by atoms with Crippen LogP contribution in [-0.2, 0) is 19.1 Å². The van der Waals surface area contributed by atoms with Gasteiger partial charge in [-0.1, -0.05) is 0 Å². The monoisotopic (exact) mass is 271 g/mol. The van der Waals surface area contributed by atoms with Gasteiger partial charge in [0, 0.05) is 13.0 Å². The molecule has 0 aromatic rings. The fraction of sp³-hybridized carbons (Fsp3) is 0.800. The van der Waals surface area contributed by atoms with E-state index in [9.17, 15) is 22.8 Å². The minimum absolute atomic E-state index is 0.0300. The summed E-state index contributed by atoms with van der Waals surface area (Å²) in [5, 5.41) is 2.33. The van der Waals surface area contributed by atoms with Gasteiger partial charge >= 0.3 is 12.1 Å². The van der Waals surface area contributed by atoms with E-state index in [1.807, 2.05) is 0 Å². The van der Waals surface area contributed by atoms with E-state index in [0.29, 0.717) is 0 Å². The van der Waals surface area contributed by atoms with E-state index in [-0.39, 0.29) is 32.6 Å². The summed E-state index contributed by atoms with van der Waals surface area (Å²) in [6.07, 6.45) is -4.48. The average Bonchev–Trinajstić information content (AvgIpc) is 2.25. The molecule has 0 atom stereocenters. The van der Waals surface area contributed by atoms with Crippen LogP contribution in [0.1, 0.15) is 19.8 Å². The van der Waals surface area contributed by atoms with Crippen LogP contribution in [0.5, 0.6) is 0 Å². The summed E-state index contributed by atoms with van der Waals surface area (Å²) in [6, 6.07) is 0. The summed E-state index contributed by atoms with van der Waals surface area (Å²) in [6.45, 7) is 0.287. The van der Waals surface area contributed by atoms with Gasteiger partial charge in [0.25, 0.3) is 0 Å². The summed E-state index contributed by atoms with van der Waals surface area (Å²) in [5.41, 5.74) is 0. The Morgan fingerprint density at radius 1 is 1.22 bits per heavy atom. The molecule has 106 valence electrons. The van der Waals surface area contributed by atoms with Crippen LogP contribution in [0.3, 0.4) is 0 Å². The largest absolute Gasteiger partial charge is 0.466 e. The molecule has 0 aliphatic rings. The summed E-state index contributed by atoms with van der Waals surface area (Å²) >= 11 is 0. The lowest BCUT2D eigenvalue weighted by Gasteiger charge is -2.08. The number of carbonyl (C=O) groups is 2. The number of ether oxygens (including phenoxy) is 2. The molecular formula is C10H16F3NO4. The van der Waals surface area contributed by atoms with Gasteiger partial charge in [0.1, 0.15) is 6.61 Å². The number of carbonyl (C=O) groups excluding carboxylic acids is 2. The average molecular weight is 271 g/mol. The predicted octanol–water partition coefficient (Wildman–Crippen LogP) is 1.02. The third kappa shape index (κ3) is 11.2. The van der Waals surface area contributed by atoms with Crippen molar-refractivity contribution in [1.29, 1.82) is 0 Å². The highest BCUT2D eigenvalue weighted by molar-refractivity contribution is 5.81. The number of amides is 1. The molecule has 0 aliphatic heterocycles. The standard InChI is InChI=1S/C10H16F3NO4/c1-2-18-9(16)4-3-8(15)14-5-6-17-7-10(11,12)13/h2-7H2,1H3,(H,14,15). The zero-order chi connectivity index (χ0) is 14.0. The summed E-state index contributed by atoms with van der Waals surface area (Å²) < 4.78 is 43.9. The van der Waals surface area contributed by atoms with E-state index in [0.717, 1.165) is 0 Å². The van der Waals surface area contributed by atoms with Crippen molar-refractivity contribution in [2.24, 2.45) is 0 Å². The van der Waals surface area contributed by atoms with Gasteiger partial charge < -0.3 is 14.8 Å². The van der Waals surface area contributed by atoms with Gasteiger partial charge in [-0.15, -0.1) is 0 Å². The fourth-order valence-corrected chi connectivity index (χ4v) is 0.988. The lowest BCUT2D eigenvalue weighted by Crippen LogP contribution is -2.29. The summed E-state index contributed by atoms with van der Waals surface area (Å²) in [7, 11) is 0. The maximum absolute atomic E-state index is 11.7. The molecular weight excluding hydrogens is 255 g/mol. The molecule has 0 heterocycles. The second-order valence-corrected chi connectivity index (χ2v) is 3.32. The maximum Gasteiger partial charge on any atom is 0.411 e. The van der Waals surface area contributed by atoms with E-state index >= 15 is 0 Å². The van der Waals surface area contributed by atoms with Crippen LogP contribution in [0.25, 0.3) is 0 Å². The first-order valence-electron chi connectivity index (χ1n) is 5.42. The van der Waals surface area contributed by atoms with Gasteiger partial charge in [-0.25, -0.2) is 0 Å². The molecule has 0 rings (SSSR count). The quantitative estimate of drug-likeness (QED) is 0.529. The lowest BCUT2D eigenvalue weighted by molar-refractivity contribution is -0.173. The molecule has 1 N–H and O–H groups in total. The number of esters is 1. The van der Waals surface area contributed by atoms with Gasteiger partial charge in [-0.3, -0.25) is 9.59 Å². The minimum Gasteiger partial charge on any atom is -0.466 e. The number of hydrogen-bond acceptors (Lipinski definition) is 4. The highest BCUT2D eigenvalue weighted by Crippen LogP contribution is 2.13. The number of rotatable bonds is 8. The molecule has 0 spiro atoms. The maximum atomic E-state index is 11.7. The Morgan fingerprint density at radius 3 is 2.44 bits per heavy atom. The molecule has 18 heavy (non-hydrogen) atoms. The first-order chi connectivity index (χ1) is 8.35. The van der Waals surface area contributed by atoms with Crippen molar-refractivity contribution in [3.63, 3.8) is 0 Å². The molecule has 0 aromatic carbocycles. The zero-order valence-electron chi connectivity index (χ0n) is 10.0. The number of nitrogens with one attached hydrogen (secondary N) is 1. The van der Waals surface area contributed by atoms with Crippen LogP contribution in [0, 0.1) is 0 Å². The van der Waals surface area contributed by atoms with E-state index in [2.05, 4.69) is 14.8 Å². The Kier molecular flexibility index (Phi) is 8.10. The third-order valence-electron chi connectivity index (χ3n) is 1.70. The molecule has 1 amide bonds. The summed E-state index contributed by atoms with van der Waals surface area (Å²) in [5.74, 6) is -0.917. The van der Waals surface area contributed by atoms with Crippen molar-refractivity contribution in [2.45, 2.75) is 25.9 Å². The fourth-order valence-electron chi connectivity index (χ4n) is 0.988. The Labute approximate surface area is 103 Å². The normalized spacial score (nSPS) is 11.1. The van der Waals surface area contributed by atoms with Crippen molar-refractivity contribution in [3.8, 4) is 0 Å². The van der Waals surface area contributed by atoms with Gasteiger partial charge in [-0.05, 0) is 6.92 Å². The van der Waals surface area contributed by atoms with Crippen molar-refractivity contribution in [1.82, 2.24) is 5.32 Å². The molecule has 0 aromatic heterocycles. The van der Waals surface area contributed by atoms with Crippen LogP contribution in [-0.4, -0.2) is 44.4 Å². The van der Waals surface area contributed by atoms with Gasteiger partial charge in [0.05, 0.1) is 19.6 Å². The Hall–Kier alpha value is -1.31. The number of halogens is 3. The molecule has 0 bridgehead atoms. The lowest BCUT2D eigenvalue weighted by atomic mass is 10.3. The van der Waals surface area contributed by atoms with Crippen LogP contribution < -0.4 is 5.32 Å². The number of alkyl halides is 3. The SMILES string of the molecule is CCOC(=O)CCC(=O)NCCOCC(F)(F)F. The first-order valence-corrected chi connectivity index (χ1v) is 5.42. The smallest absolute Gasteiger partial charge is 0.411 e. The van der Waals surface area contributed by atoms with Gasteiger partial charge in [0.15, 0.2) is 0 Å². The van der Waals surface area contributed by atoms with Gasteiger partial charge in [-0.2, -0.15) is 13.2 Å². The van der Waals surface area contributed by atoms with Gasteiger partial charge in [0.2, 0.25) is 5.91 Å². The molecule has 0 saturated heterocycles. The summed E-state index contributed by atoms with van der Waals surface area (Å²) in [4.78, 5) is 22.0. The molecule has 0 saturated carbocycles. The Balaban J connectivity index is 3.46. The zero-order valence-corrected chi connectivity index (χ0v) is 10.0. The van der Waals surface area contributed by atoms with Crippen molar-refractivity contribution in [2.75, 3.05) is 26.4 Å². The Morgan fingerprint density at radius 2 is 1.89 bits per heavy atom. The minimum atomic E-state index is -4.37. The first kappa shape index (κ1) is 16.7. The highest BCUT2D eigenvalue weighted by Gasteiger charge is 2.27. The highest BCUT2D eigenvalue weighted by atomic mass is 19.4. The topological polar surface area (TPSA) is 64.6 Å². The van der Waals surface area contributed by atoms with Crippen LogP contribution in [0.15, 0.2) is 0 Å². The predicted molar refractivity (Wildman–Crippen MR) is 55.8 cm³/mol. The molecule has 0 unspecified atom stereocenters.